The topological polar surface area (TPSA) is 63.1 Å². The molecule has 0 amide bonds. The van der Waals surface area contributed by atoms with E-state index in [2.05, 4.69) is 0 Å². The van der Waals surface area contributed by atoms with E-state index in [9.17, 15) is 9.90 Å². The van der Waals surface area contributed by atoms with E-state index in [4.69, 9.17) is 9.97 Å². The summed E-state index contributed by atoms with van der Waals surface area (Å²) in [5.74, 6) is -0.903. The molecule has 0 spiro atoms. The Balaban J connectivity index is 1.85. The number of aromatic nitrogens is 2. The lowest BCUT2D eigenvalue weighted by Gasteiger charge is -2.15. The summed E-state index contributed by atoms with van der Waals surface area (Å²) in [5.41, 5.74) is 3.87. The number of rotatable bonds is 5. The number of para-hydroxylation sites is 2. The predicted molar refractivity (Wildman–Crippen MR) is 108 cm³/mol. The van der Waals surface area contributed by atoms with Crippen LogP contribution in [-0.4, -0.2) is 21.0 Å². The summed E-state index contributed by atoms with van der Waals surface area (Å²) in [7, 11) is 0. The fourth-order valence-corrected chi connectivity index (χ4v) is 3.89. The number of carbonyl (C=O) groups is 1. The number of nitrogens with zero attached hydrogens (tertiary/aromatic N) is 2. The normalized spacial score (nSPS) is 12.0. The summed E-state index contributed by atoms with van der Waals surface area (Å²) >= 11 is 1.21. The van der Waals surface area contributed by atoms with Gasteiger partial charge in [-0.1, -0.05) is 84.6 Å². The van der Waals surface area contributed by atoms with E-state index >= 15 is 0 Å². The van der Waals surface area contributed by atoms with Crippen molar-refractivity contribution < 1.29 is 9.90 Å². The first kappa shape index (κ1) is 17.2. The van der Waals surface area contributed by atoms with Crippen LogP contribution in [0.15, 0.2) is 90.0 Å². The number of hydrogen-bond acceptors (Lipinski definition) is 4. The fourth-order valence-electron chi connectivity index (χ4n) is 2.85. The first-order valence-electron chi connectivity index (χ1n) is 8.49. The van der Waals surface area contributed by atoms with E-state index in [-0.39, 0.29) is 0 Å². The molecule has 0 unspecified atom stereocenters. The van der Waals surface area contributed by atoms with Crippen LogP contribution in [0.25, 0.3) is 22.3 Å². The van der Waals surface area contributed by atoms with Gasteiger partial charge in [-0.05, 0) is 17.7 Å². The molecule has 0 aliphatic carbocycles. The number of aliphatic carboxylic acids is 1. The Labute approximate surface area is 160 Å². The van der Waals surface area contributed by atoms with E-state index in [0.717, 1.165) is 22.2 Å². The standard InChI is InChI=1S/C22H16N2O2S/c25-22(26)20(16-11-5-2-6-12-16)27-21-19(15-9-3-1-4-10-15)23-17-13-7-8-14-18(17)24-21/h1-14,20H,(H,25,26)/t20-/m0/s1. The third-order valence-electron chi connectivity index (χ3n) is 4.14. The molecular formula is C22H16N2O2S. The highest BCUT2D eigenvalue weighted by molar-refractivity contribution is 8.00. The molecule has 0 aliphatic heterocycles. The molecule has 4 rings (SSSR count). The predicted octanol–water partition coefficient (Wildman–Crippen LogP) is 5.21. The number of fused-ring (bicyclic) bond motifs is 1. The number of benzene rings is 3. The summed E-state index contributed by atoms with van der Waals surface area (Å²) in [4.78, 5) is 21.5. The molecule has 0 fully saturated rings. The van der Waals surface area contributed by atoms with Crippen molar-refractivity contribution >= 4 is 28.8 Å². The summed E-state index contributed by atoms with van der Waals surface area (Å²) in [6.07, 6.45) is 0. The lowest BCUT2D eigenvalue weighted by atomic mass is 10.1. The molecule has 1 aromatic heterocycles. The van der Waals surface area contributed by atoms with Gasteiger partial charge in [0.15, 0.2) is 0 Å². The maximum Gasteiger partial charge on any atom is 0.321 e. The van der Waals surface area contributed by atoms with Crippen LogP contribution in [0.3, 0.4) is 0 Å². The van der Waals surface area contributed by atoms with Gasteiger partial charge in [-0.15, -0.1) is 0 Å². The number of hydrogen-bond donors (Lipinski definition) is 1. The molecule has 4 aromatic rings. The van der Waals surface area contributed by atoms with E-state index in [1.54, 1.807) is 0 Å². The molecule has 0 bridgehead atoms. The molecule has 3 aromatic carbocycles. The molecule has 0 saturated carbocycles. The second kappa shape index (κ2) is 7.60. The van der Waals surface area contributed by atoms with Crippen LogP contribution >= 0.6 is 11.8 Å². The third-order valence-corrected chi connectivity index (χ3v) is 5.36. The molecule has 0 radical (unpaired) electrons. The van der Waals surface area contributed by atoms with Gasteiger partial charge in [0.2, 0.25) is 0 Å². The highest BCUT2D eigenvalue weighted by Gasteiger charge is 2.24. The van der Waals surface area contributed by atoms with E-state index in [1.807, 2.05) is 84.9 Å². The molecule has 5 heteroatoms. The minimum absolute atomic E-state index is 0.608. The monoisotopic (exact) mass is 372 g/mol. The van der Waals surface area contributed by atoms with Crippen molar-refractivity contribution in [3.63, 3.8) is 0 Å². The summed E-state index contributed by atoms with van der Waals surface area (Å²) in [6.45, 7) is 0. The van der Waals surface area contributed by atoms with Gasteiger partial charge in [0.05, 0.1) is 11.0 Å². The van der Waals surface area contributed by atoms with Crippen LogP contribution in [0, 0.1) is 0 Å². The zero-order valence-electron chi connectivity index (χ0n) is 14.3. The van der Waals surface area contributed by atoms with Crippen LogP contribution in [0.5, 0.6) is 0 Å². The van der Waals surface area contributed by atoms with Crippen LogP contribution in [-0.2, 0) is 4.79 Å². The summed E-state index contributed by atoms with van der Waals surface area (Å²) in [5, 5.41) is 9.64. The highest BCUT2D eigenvalue weighted by Crippen LogP contribution is 2.39. The summed E-state index contributed by atoms with van der Waals surface area (Å²) in [6, 6.07) is 26.6. The first-order chi connectivity index (χ1) is 13.2. The van der Waals surface area contributed by atoms with E-state index in [1.165, 1.54) is 11.8 Å². The zero-order valence-corrected chi connectivity index (χ0v) is 15.1. The van der Waals surface area contributed by atoms with Crippen molar-refractivity contribution in [2.45, 2.75) is 10.3 Å². The van der Waals surface area contributed by atoms with Crippen molar-refractivity contribution in [1.82, 2.24) is 9.97 Å². The van der Waals surface area contributed by atoms with Crippen LogP contribution in [0.4, 0.5) is 0 Å². The van der Waals surface area contributed by atoms with Gasteiger partial charge >= 0.3 is 5.97 Å². The minimum Gasteiger partial charge on any atom is -0.480 e. The Bertz CT molecular complexity index is 1090. The molecule has 0 aliphatic rings. The maximum absolute atomic E-state index is 11.9. The lowest BCUT2D eigenvalue weighted by Crippen LogP contribution is -2.09. The van der Waals surface area contributed by atoms with Gasteiger partial charge in [0.25, 0.3) is 0 Å². The molecule has 4 nitrogen and oxygen atoms in total. The molecule has 1 heterocycles. The Morgan fingerprint density at radius 2 is 1.33 bits per heavy atom. The van der Waals surface area contributed by atoms with Gasteiger partial charge in [-0.2, -0.15) is 0 Å². The minimum atomic E-state index is -0.903. The number of carboxylic acids is 1. The van der Waals surface area contributed by atoms with Crippen molar-refractivity contribution in [1.29, 1.82) is 0 Å². The lowest BCUT2D eigenvalue weighted by molar-refractivity contribution is -0.136. The average Bonchev–Trinajstić information content (AvgIpc) is 2.72. The van der Waals surface area contributed by atoms with Gasteiger partial charge < -0.3 is 5.11 Å². The van der Waals surface area contributed by atoms with Gasteiger partial charge in [-0.3, -0.25) is 4.79 Å². The molecule has 1 N–H and O–H groups in total. The average molecular weight is 372 g/mol. The largest absolute Gasteiger partial charge is 0.480 e. The number of thioether (sulfide) groups is 1. The summed E-state index contributed by atoms with van der Waals surface area (Å²) < 4.78 is 0. The molecular weight excluding hydrogens is 356 g/mol. The Morgan fingerprint density at radius 3 is 1.96 bits per heavy atom. The Hall–Kier alpha value is -3.18. The highest BCUT2D eigenvalue weighted by atomic mass is 32.2. The Morgan fingerprint density at radius 1 is 0.778 bits per heavy atom. The molecule has 132 valence electrons. The molecule has 1 atom stereocenters. The molecule has 27 heavy (non-hydrogen) atoms. The van der Waals surface area contributed by atoms with Crippen molar-refractivity contribution in [2.24, 2.45) is 0 Å². The maximum atomic E-state index is 11.9. The molecule has 0 saturated heterocycles. The first-order valence-corrected chi connectivity index (χ1v) is 9.37. The Kier molecular flexibility index (Phi) is 4.85. The van der Waals surface area contributed by atoms with Gasteiger partial charge in [0, 0.05) is 5.56 Å². The van der Waals surface area contributed by atoms with Gasteiger partial charge in [0.1, 0.15) is 16.0 Å². The third kappa shape index (κ3) is 3.68. The smallest absolute Gasteiger partial charge is 0.321 e. The van der Waals surface area contributed by atoms with E-state index < -0.39 is 11.2 Å². The second-order valence-corrected chi connectivity index (χ2v) is 7.07. The number of carboxylic acid groups (broad SMARTS) is 1. The zero-order chi connectivity index (χ0) is 18.6. The van der Waals surface area contributed by atoms with Crippen molar-refractivity contribution in [2.75, 3.05) is 0 Å². The fraction of sp³-hybridized carbons (Fsp3) is 0.0455. The second-order valence-electron chi connectivity index (χ2n) is 5.98. The van der Waals surface area contributed by atoms with Crippen LogP contribution < -0.4 is 0 Å². The van der Waals surface area contributed by atoms with E-state index in [0.29, 0.717) is 10.7 Å². The van der Waals surface area contributed by atoms with Crippen molar-refractivity contribution in [3.05, 3.63) is 90.5 Å². The van der Waals surface area contributed by atoms with Crippen LogP contribution in [0.2, 0.25) is 0 Å². The van der Waals surface area contributed by atoms with Gasteiger partial charge in [-0.25, -0.2) is 9.97 Å². The van der Waals surface area contributed by atoms with Crippen molar-refractivity contribution in [3.8, 4) is 11.3 Å². The quantitative estimate of drug-likeness (QED) is 0.487. The SMILES string of the molecule is O=C(O)[C@@H](Sc1nc2ccccc2nc1-c1ccccc1)c1ccccc1. The van der Waals surface area contributed by atoms with Crippen LogP contribution in [0.1, 0.15) is 10.8 Å².